The van der Waals surface area contributed by atoms with Crippen LogP contribution in [0.3, 0.4) is 0 Å². The molecule has 1 aromatic carbocycles. The van der Waals surface area contributed by atoms with Gasteiger partial charge in [0.1, 0.15) is 5.82 Å². The monoisotopic (exact) mass is 454 g/mol. The highest BCUT2D eigenvalue weighted by Crippen LogP contribution is 2.38. The Bertz CT molecular complexity index is 1240. The lowest BCUT2D eigenvalue weighted by molar-refractivity contribution is -0.137. The number of amides is 1. The summed E-state index contributed by atoms with van der Waals surface area (Å²) in [6.07, 6.45) is -0.700. The van der Waals surface area contributed by atoms with Crippen molar-refractivity contribution in [3.8, 4) is 11.3 Å². The Hall–Kier alpha value is -3.69. The molecule has 2 aromatic heterocycles. The summed E-state index contributed by atoms with van der Waals surface area (Å²) in [6, 6.07) is 7.11. The van der Waals surface area contributed by atoms with Crippen LogP contribution in [-0.2, 0) is 17.4 Å². The molecular formula is C23H21F3N6O. The molecule has 0 bridgehead atoms. The molecule has 1 saturated heterocycles. The zero-order valence-corrected chi connectivity index (χ0v) is 17.8. The fourth-order valence-electron chi connectivity index (χ4n) is 4.15. The van der Waals surface area contributed by atoms with Crippen LogP contribution in [0.4, 0.5) is 36.3 Å². The maximum absolute atomic E-state index is 13.2. The molecule has 0 saturated carbocycles. The number of aromatic nitrogens is 3. The lowest BCUT2D eigenvalue weighted by Gasteiger charge is -2.18. The maximum atomic E-state index is 13.2. The number of aryl methyl sites for hydroxylation is 1. The van der Waals surface area contributed by atoms with Crippen LogP contribution in [0.5, 0.6) is 0 Å². The van der Waals surface area contributed by atoms with Gasteiger partial charge < -0.3 is 15.5 Å². The molecule has 7 nitrogen and oxygen atoms in total. The molecule has 2 aliphatic rings. The number of rotatable bonds is 3. The van der Waals surface area contributed by atoms with E-state index in [0.29, 0.717) is 16.8 Å². The third-order valence-corrected chi connectivity index (χ3v) is 5.84. The highest BCUT2D eigenvalue weighted by molar-refractivity contribution is 6.00. The Labute approximate surface area is 188 Å². The lowest BCUT2D eigenvalue weighted by atomic mass is 10.0. The van der Waals surface area contributed by atoms with Crippen molar-refractivity contribution in [2.45, 2.75) is 32.4 Å². The Balaban J connectivity index is 1.48. The molecular weight excluding hydrogens is 433 g/mol. The topological polar surface area (TPSA) is 83.0 Å². The van der Waals surface area contributed by atoms with Gasteiger partial charge in [-0.25, -0.2) is 15.0 Å². The number of carbonyl (C=O) groups excluding carboxylic acids is 1. The number of benzene rings is 1. The number of fused-ring (bicyclic) bond motifs is 3. The minimum Gasteiger partial charge on any atom is -0.357 e. The van der Waals surface area contributed by atoms with Gasteiger partial charge in [-0.15, -0.1) is 0 Å². The number of nitrogens with one attached hydrogen (secondary N) is 2. The minimum absolute atomic E-state index is 0.0310. The third-order valence-electron chi connectivity index (χ3n) is 5.84. The number of pyridine rings is 1. The van der Waals surface area contributed by atoms with Gasteiger partial charge in [0.25, 0.3) is 0 Å². The zero-order valence-electron chi connectivity index (χ0n) is 17.8. The fourth-order valence-corrected chi connectivity index (χ4v) is 4.15. The fraction of sp³-hybridized carbons (Fsp3) is 0.304. The summed E-state index contributed by atoms with van der Waals surface area (Å²) in [5.41, 5.74) is 2.11. The zero-order chi connectivity index (χ0) is 23.2. The molecule has 0 radical (unpaired) electrons. The van der Waals surface area contributed by atoms with E-state index in [1.54, 1.807) is 0 Å². The first-order chi connectivity index (χ1) is 15.8. The van der Waals surface area contributed by atoms with Crippen molar-refractivity contribution in [3.05, 3.63) is 53.3 Å². The number of halogens is 3. The van der Waals surface area contributed by atoms with E-state index in [1.165, 1.54) is 12.3 Å². The first kappa shape index (κ1) is 21.2. The second-order valence-electron chi connectivity index (χ2n) is 8.17. The molecule has 0 aliphatic carbocycles. The molecule has 0 unspecified atom stereocenters. The molecule has 10 heteroatoms. The van der Waals surface area contributed by atoms with Crippen LogP contribution in [0, 0.1) is 6.92 Å². The molecule has 1 amide bonds. The number of carbonyl (C=O) groups is 1. The van der Waals surface area contributed by atoms with Crippen molar-refractivity contribution in [2.75, 3.05) is 28.6 Å². The van der Waals surface area contributed by atoms with E-state index in [9.17, 15) is 18.0 Å². The maximum Gasteiger partial charge on any atom is 0.416 e. The Morgan fingerprint density at radius 2 is 1.88 bits per heavy atom. The molecule has 170 valence electrons. The second kappa shape index (κ2) is 8.02. The van der Waals surface area contributed by atoms with Gasteiger partial charge in [-0.1, -0.05) is 6.07 Å². The number of nitrogens with zero attached hydrogens (tertiary/aromatic N) is 4. The van der Waals surface area contributed by atoms with Gasteiger partial charge in [-0.05, 0) is 44.0 Å². The van der Waals surface area contributed by atoms with Crippen molar-refractivity contribution in [2.24, 2.45) is 0 Å². The highest BCUT2D eigenvalue weighted by atomic mass is 19.4. The van der Waals surface area contributed by atoms with Gasteiger partial charge in [0.2, 0.25) is 11.9 Å². The predicted molar refractivity (Wildman–Crippen MR) is 119 cm³/mol. The highest BCUT2D eigenvalue weighted by Gasteiger charge is 2.32. The molecule has 1 fully saturated rings. The van der Waals surface area contributed by atoms with E-state index < -0.39 is 17.6 Å². The number of anilines is 4. The van der Waals surface area contributed by atoms with Crippen molar-refractivity contribution in [1.29, 1.82) is 0 Å². The van der Waals surface area contributed by atoms with Gasteiger partial charge in [-0.2, -0.15) is 13.2 Å². The standard InChI is InChI=1S/C23H21F3N6O/c1-13-17(6-7-19(28-13)32-8-2-3-9-32)30-22-27-12-14-10-20(33)29-18-11-15(23(24,25)26)4-5-16(18)21(14)31-22/h4-7,11-12H,2-3,8-10H2,1H3,(H,29,33)(H,27,30,31). The Morgan fingerprint density at radius 3 is 2.61 bits per heavy atom. The predicted octanol–water partition coefficient (Wildman–Crippen LogP) is 4.70. The molecule has 3 aromatic rings. The average Bonchev–Trinajstić information content (AvgIpc) is 3.26. The van der Waals surface area contributed by atoms with Crippen molar-refractivity contribution < 1.29 is 18.0 Å². The molecule has 4 heterocycles. The van der Waals surface area contributed by atoms with Gasteiger partial charge in [-0.3, -0.25) is 4.79 Å². The van der Waals surface area contributed by atoms with E-state index in [4.69, 9.17) is 0 Å². The van der Waals surface area contributed by atoms with Crippen LogP contribution >= 0.6 is 0 Å². The smallest absolute Gasteiger partial charge is 0.357 e. The van der Waals surface area contributed by atoms with E-state index >= 15 is 0 Å². The molecule has 33 heavy (non-hydrogen) atoms. The second-order valence-corrected chi connectivity index (χ2v) is 8.17. The number of hydrogen-bond acceptors (Lipinski definition) is 6. The normalized spacial score (nSPS) is 15.5. The van der Waals surface area contributed by atoms with Gasteiger partial charge >= 0.3 is 6.18 Å². The quantitative estimate of drug-likeness (QED) is 0.597. The minimum atomic E-state index is -4.51. The largest absolute Gasteiger partial charge is 0.416 e. The summed E-state index contributed by atoms with van der Waals surface area (Å²) >= 11 is 0. The third kappa shape index (κ3) is 4.20. The van der Waals surface area contributed by atoms with Gasteiger partial charge in [0, 0.05) is 30.4 Å². The van der Waals surface area contributed by atoms with Crippen molar-refractivity contribution in [1.82, 2.24) is 15.0 Å². The summed E-state index contributed by atoms with van der Waals surface area (Å²) in [7, 11) is 0. The first-order valence-electron chi connectivity index (χ1n) is 10.6. The summed E-state index contributed by atoms with van der Waals surface area (Å²) in [5.74, 6) is 0.779. The first-order valence-corrected chi connectivity index (χ1v) is 10.6. The summed E-state index contributed by atoms with van der Waals surface area (Å²) in [6.45, 7) is 3.88. The van der Waals surface area contributed by atoms with Crippen LogP contribution < -0.4 is 15.5 Å². The van der Waals surface area contributed by atoms with E-state index in [0.717, 1.165) is 55.3 Å². The Morgan fingerprint density at radius 1 is 1.09 bits per heavy atom. The van der Waals surface area contributed by atoms with Gasteiger partial charge in [0.05, 0.1) is 34.7 Å². The van der Waals surface area contributed by atoms with E-state index in [-0.39, 0.29) is 18.1 Å². The van der Waals surface area contributed by atoms with Crippen LogP contribution in [0.25, 0.3) is 11.3 Å². The lowest BCUT2D eigenvalue weighted by Crippen LogP contribution is -2.19. The SMILES string of the molecule is Cc1nc(N2CCCC2)ccc1Nc1ncc2c(n1)-c1ccc(C(F)(F)F)cc1NC(=O)C2. The molecule has 5 rings (SSSR count). The van der Waals surface area contributed by atoms with Gasteiger partial charge in [0.15, 0.2) is 0 Å². The van der Waals surface area contributed by atoms with E-state index in [1.807, 2.05) is 19.1 Å². The molecule has 0 spiro atoms. The summed E-state index contributed by atoms with van der Waals surface area (Å²) in [5, 5.41) is 5.70. The number of alkyl halides is 3. The summed E-state index contributed by atoms with van der Waals surface area (Å²) < 4.78 is 39.5. The van der Waals surface area contributed by atoms with E-state index in [2.05, 4.69) is 30.5 Å². The molecule has 2 N–H and O–H groups in total. The van der Waals surface area contributed by atoms with Crippen LogP contribution in [0.2, 0.25) is 0 Å². The molecule has 2 aliphatic heterocycles. The average molecular weight is 454 g/mol. The van der Waals surface area contributed by atoms with Crippen LogP contribution in [-0.4, -0.2) is 33.9 Å². The Kier molecular flexibility index (Phi) is 5.15. The summed E-state index contributed by atoms with van der Waals surface area (Å²) in [4.78, 5) is 28.0. The van der Waals surface area contributed by atoms with Crippen molar-refractivity contribution >= 4 is 29.0 Å². The van der Waals surface area contributed by atoms with Crippen LogP contribution in [0.15, 0.2) is 36.5 Å². The molecule has 0 atom stereocenters. The van der Waals surface area contributed by atoms with Crippen LogP contribution in [0.1, 0.15) is 29.7 Å². The van der Waals surface area contributed by atoms with Crippen molar-refractivity contribution in [3.63, 3.8) is 0 Å². The number of hydrogen-bond donors (Lipinski definition) is 2.